The van der Waals surface area contributed by atoms with E-state index in [9.17, 15) is 4.79 Å². The Balaban J connectivity index is 1.43. The highest BCUT2D eigenvalue weighted by Crippen LogP contribution is 2.21. The molecule has 108 valence electrons. The molecule has 0 bridgehead atoms. The molecule has 1 heterocycles. The van der Waals surface area contributed by atoms with Crippen molar-refractivity contribution in [2.24, 2.45) is 0 Å². The summed E-state index contributed by atoms with van der Waals surface area (Å²) < 4.78 is 5.70. The van der Waals surface area contributed by atoms with Crippen molar-refractivity contribution in [2.75, 3.05) is 13.2 Å². The lowest BCUT2D eigenvalue weighted by Crippen LogP contribution is -2.20. The van der Waals surface area contributed by atoms with Gasteiger partial charge in [-0.05, 0) is 29.3 Å². The van der Waals surface area contributed by atoms with E-state index in [-0.39, 0.29) is 5.91 Å². The SMILES string of the molecule is O=C1NCc2cc(OCCNCc3ccccc3)ccc21. The fourth-order valence-corrected chi connectivity index (χ4v) is 2.37. The minimum absolute atomic E-state index is 0.000998. The van der Waals surface area contributed by atoms with Crippen LogP contribution in [0.3, 0.4) is 0 Å². The summed E-state index contributed by atoms with van der Waals surface area (Å²) in [4.78, 5) is 11.4. The number of carbonyl (C=O) groups excluding carboxylic acids is 1. The van der Waals surface area contributed by atoms with E-state index in [1.54, 1.807) is 0 Å². The number of rotatable bonds is 6. The molecule has 2 aromatic rings. The zero-order valence-corrected chi connectivity index (χ0v) is 11.8. The minimum atomic E-state index is 0.000998. The lowest BCUT2D eigenvalue weighted by Gasteiger charge is -2.08. The van der Waals surface area contributed by atoms with E-state index in [4.69, 9.17) is 4.74 Å². The third kappa shape index (κ3) is 3.41. The molecule has 2 N–H and O–H groups in total. The molecule has 0 aliphatic carbocycles. The van der Waals surface area contributed by atoms with Crippen LogP contribution in [-0.2, 0) is 13.1 Å². The molecule has 0 spiro atoms. The highest BCUT2D eigenvalue weighted by atomic mass is 16.5. The van der Waals surface area contributed by atoms with Crippen LogP contribution in [0.2, 0.25) is 0 Å². The number of ether oxygens (including phenoxy) is 1. The van der Waals surface area contributed by atoms with Gasteiger partial charge < -0.3 is 15.4 Å². The van der Waals surface area contributed by atoms with E-state index in [1.165, 1.54) is 5.56 Å². The zero-order valence-electron chi connectivity index (χ0n) is 11.8. The molecule has 4 heteroatoms. The molecule has 0 fully saturated rings. The Morgan fingerprint density at radius 1 is 1.14 bits per heavy atom. The molecule has 0 atom stereocenters. The summed E-state index contributed by atoms with van der Waals surface area (Å²) in [5, 5.41) is 6.14. The average Bonchev–Trinajstić information content (AvgIpc) is 2.89. The van der Waals surface area contributed by atoms with Gasteiger partial charge in [0.2, 0.25) is 0 Å². The van der Waals surface area contributed by atoms with Crippen LogP contribution < -0.4 is 15.4 Å². The van der Waals surface area contributed by atoms with Gasteiger partial charge in [-0.2, -0.15) is 0 Å². The van der Waals surface area contributed by atoms with Crippen molar-refractivity contribution in [1.82, 2.24) is 10.6 Å². The van der Waals surface area contributed by atoms with Crippen LogP contribution in [0.25, 0.3) is 0 Å². The smallest absolute Gasteiger partial charge is 0.251 e. The van der Waals surface area contributed by atoms with E-state index < -0.39 is 0 Å². The Labute approximate surface area is 124 Å². The van der Waals surface area contributed by atoms with Gasteiger partial charge in [0.1, 0.15) is 12.4 Å². The largest absolute Gasteiger partial charge is 0.492 e. The first-order valence-corrected chi connectivity index (χ1v) is 7.11. The third-order valence-electron chi connectivity index (χ3n) is 3.48. The van der Waals surface area contributed by atoms with Gasteiger partial charge in [0.15, 0.2) is 0 Å². The maximum absolute atomic E-state index is 11.4. The van der Waals surface area contributed by atoms with E-state index in [2.05, 4.69) is 22.8 Å². The van der Waals surface area contributed by atoms with Gasteiger partial charge in [-0.15, -0.1) is 0 Å². The standard InChI is InChI=1S/C17H18N2O2/c20-17-16-7-6-15(10-14(16)12-19-17)21-9-8-18-11-13-4-2-1-3-5-13/h1-7,10,18H,8-9,11-12H2,(H,19,20). The van der Waals surface area contributed by atoms with Crippen molar-refractivity contribution in [3.63, 3.8) is 0 Å². The number of hydrogen-bond donors (Lipinski definition) is 2. The van der Waals surface area contributed by atoms with Crippen LogP contribution in [-0.4, -0.2) is 19.1 Å². The summed E-state index contributed by atoms with van der Waals surface area (Å²) in [6.45, 7) is 2.82. The molecule has 1 aliphatic rings. The Hall–Kier alpha value is -2.33. The molecule has 0 saturated heterocycles. The molecule has 0 saturated carbocycles. The van der Waals surface area contributed by atoms with Crippen LogP contribution in [0.15, 0.2) is 48.5 Å². The molecule has 0 radical (unpaired) electrons. The van der Waals surface area contributed by atoms with Crippen LogP contribution >= 0.6 is 0 Å². The predicted molar refractivity (Wildman–Crippen MR) is 81.3 cm³/mol. The number of benzene rings is 2. The van der Waals surface area contributed by atoms with Crippen molar-refractivity contribution in [3.8, 4) is 5.75 Å². The monoisotopic (exact) mass is 282 g/mol. The van der Waals surface area contributed by atoms with Crippen LogP contribution in [0, 0.1) is 0 Å². The summed E-state index contributed by atoms with van der Waals surface area (Å²) in [5.74, 6) is 0.813. The second-order valence-electron chi connectivity index (χ2n) is 5.01. The molecule has 1 aliphatic heterocycles. The average molecular weight is 282 g/mol. The van der Waals surface area contributed by atoms with Gasteiger partial charge in [0, 0.05) is 25.2 Å². The molecule has 0 aromatic heterocycles. The lowest BCUT2D eigenvalue weighted by atomic mass is 10.1. The van der Waals surface area contributed by atoms with Gasteiger partial charge in [-0.3, -0.25) is 4.79 Å². The van der Waals surface area contributed by atoms with Crippen LogP contribution in [0.4, 0.5) is 0 Å². The number of nitrogens with one attached hydrogen (secondary N) is 2. The molecular formula is C17H18N2O2. The molecule has 4 nitrogen and oxygen atoms in total. The van der Waals surface area contributed by atoms with Crippen molar-refractivity contribution in [3.05, 3.63) is 65.2 Å². The summed E-state index contributed by atoms with van der Waals surface area (Å²) in [7, 11) is 0. The number of fused-ring (bicyclic) bond motifs is 1. The second kappa shape index (κ2) is 6.41. The lowest BCUT2D eigenvalue weighted by molar-refractivity contribution is 0.0966. The Bertz CT molecular complexity index is 626. The quantitative estimate of drug-likeness (QED) is 0.798. The second-order valence-corrected chi connectivity index (χ2v) is 5.01. The number of hydrogen-bond acceptors (Lipinski definition) is 3. The van der Waals surface area contributed by atoms with Gasteiger partial charge in [0.05, 0.1) is 0 Å². The van der Waals surface area contributed by atoms with E-state index in [1.807, 2.05) is 36.4 Å². The molecule has 0 unspecified atom stereocenters. The van der Waals surface area contributed by atoms with Crippen LogP contribution in [0.1, 0.15) is 21.5 Å². The molecule has 21 heavy (non-hydrogen) atoms. The van der Waals surface area contributed by atoms with E-state index in [0.717, 1.165) is 30.0 Å². The third-order valence-corrected chi connectivity index (χ3v) is 3.48. The van der Waals surface area contributed by atoms with Crippen molar-refractivity contribution >= 4 is 5.91 Å². The van der Waals surface area contributed by atoms with Gasteiger partial charge >= 0.3 is 0 Å². The first-order valence-electron chi connectivity index (χ1n) is 7.11. The normalized spacial score (nSPS) is 12.9. The molecule has 3 rings (SSSR count). The molecular weight excluding hydrogens is 264 g/mol. The topological polar surface area (TPSA) is 50.4 Å². The Morgan fingerprint density at radius 3 is 2.86 bits per heavy atom. The summed E-state index contributed by atoms with van der Waals surface area (Å²) in [6, 6.07) is 15.9. The number of amides is 1. The summed E-state index contributed by atoms with van der Waals surface area (Å²) in [6.07, 6.45) is 0. The Kier molecular flexibility index (Phi) is 4.17. The number of carbonyl (C=O) groups is 1. The Morgan fingerprint density at radius 2 is 2.00 bits per heavy atom. The fourth-order valence-electron chi connectivity index (χ4n) is 2.37. The highest BCUT2D eigenvalue weighted by Gasteiger charge is 2.18. The predicted octanol–water partition coefficient (Wildman–Crippen LogP) is 2.10. The minimum Gasteiger partial charge on any atom is -0.492 e. The summed E-state index contributed by atoms with van der Waals surface area (Å²) >= 11 is 0. The van der Waals surface area contributed by atoms with Crippen molar-refractivity contribution in [2.45, 2.75) is 13.1 Å². The van der Waals surface area contributed by atoms with Gasteiger partial charge in [-0.1, -0.05) is 30.3 Å². The maximum Gasteiger partial charge on any atom is 0.251 e. The maximum atomic E-state index is 11.4. The van der Waals surface area contributed by atoms with Gasteiger partial charge in [-0.25, -0.2) is 0 Å². The van der Waals surface area contributed by atoms with E-state index in [0.29, 0.717) is 13.2 Å². The van der Waals surface area contributed by atoms with Crippen molar-refractivity contribution in [1.29, 1.82) is 0 Å². The van der Waals surface area contributed by atoms with Gasteiger partial charge in [0.25, 0.3) is 5.91 Å². The highest BCUT2D eigenvalue weighted by molar-refractivity contribution is 5.98. The fraction of sp³-hybridized carbons (Fsp3) is 0.235. The van der Waals surface area contributed by atoms with E-state index >= 15 is 0 Å². The molecule has 2 aromatic carbocycles. The zero-order chi connectivity index (χ0) is 14.5. The first-order chi connectivity index (χ1) is 10.3. The van der Waals surface area contributed by atoms with Crippen LogP contribution in [0.5, 0.6) is 5.75 Å². The summed E-state index contributed by atoms with van der Waals surface area (Å²) in [5.41, 5.74) is 3.03. The molecule has 1 amide bonds. The van der Waals surface area contributed by atoms with Crippen molar-refractivity contribution < 1.29 is 9.53 Å². The first kappa shape index (κ1) is 13.6.